The maximum Gasteiger partial charge on any atom is 0.238 e. The summed E-state index contributed by atoms with van der Waals surface area (Å²) < 4.78 is 24.7. The molecule has 2 aromatic rings. The molecule has 1 aliphatic rings. The van der Waals surface area contributed by atoms with E-state index in [0.717, 1.165) is 10.5 Å². The van der Waals surface area contributed by atoms with Gasteiger partial charge in [0.1, 0.15) is 5.25 Å². The fraction of sp³-hybridized carbons (Fsp3) is 0.381. The third-order valence-electron chi connectivity index (χ3n) is 4.87. The van der Waals surface area contributed by atoms with Crippen LogP contribution in [-0.2, 0) is 14.8 Å². The third kappa shape index (κ3) is 6.57. The maximum absolute atomic E-state index is 12.9. The zero-order valence-electron chi connectivity index (χ0n) is 16.5. The Balaban J connectivity index is 1.54. The van der Waals surface area contributed by atoms with Crippen molar-refractivity contribution in [3.63, 3.8) is 0 Å². The molecule has 0 unspecified atom stereocenters. The van der Waals surface area contributed by atoms with Gasteiger partial charge in [0.15, 0.2) is 0 Å². The van der Waals surface area contributed by atoms with E-state index >= 15 is 0 Å². The van der Waals surface area contributed by atoms with Gasteiger partial charge in [-0.3, -0.25) is 9.69 Å². The molecular weight excluding hydrogens is 406 g/mol. The number of nitrogens with one attached hydrogen (secondary N) is 1. The molecule has 1 fully saturated rings. The topological polar surface area (TPSA) is 69.7 Å². The van der Waals surface area contributed by atoms with Gasteiger partial charge in [-0.15, -0.1) is 11.8 Å². The standard InChI is InChI=1S/C21H27N3O3S2/c1-29(26,27)24-16-14-23(15-17-24)13-12-22-21(25)20(18-8-4-2-5-9-18)28-19-10-6-3-7-11-19/h2-11,20H,12-17H2,1H3,(H,22,25)/t20-/m1/s1. The zero-order chi connectivity index (χ0) is 20.7. The Hall–Kier alpha value is -1.87. The number of carbonyl (C=O) groups excluding carboxylic acids is 1. The number of rotatable bonds is 8. The highest BCUT2D eigenvalue weighted by Crippen LogP contribution is 2.35. The molecule has 0 saturated carbocycles. The van der Waals surface area contributed by atoms with Crippen molar-refractivity contribution in [3.05, 3.63) is 66.2 Å². The summed E-state index contributed by atoms with van der Waals surface area (Å²) in [6.07, 6.45) is 1.25. The van der Waals surface area contributed by atoms with Gasteiger partial charge in [-0.1, -0.05) is 48.5 Å². The van der Waals surface area contributed by atoms with Gasteiger partial charge in [0, 0.05) is 44.2 Å². The van der Waals surface area contributed by atoms with Crippen LogP contribution in [0.4, 0.5) is 0 Å². The van der Waals surface area contributed by atoms with Crippen LogP contribution >= 0.6 is 11.8 Å². The van der Waals surface area contributed by atoms with Crippen LogP contribution in [0.5, 0.6) is 0 Å². The molecule has 2 aromatic carbocycles. The minimum atomic E-state index is -3.12. The van der Waals surface area contributed by atoms with E-state index in [9.17, 15) is 13.2 Å². The summed E-state index contributed by atoms with van der Waals surface area (Å²) in [5.41, 5.74) is 0.973. The second kappa shape index (κ2) is 10.2. The molecule has 1 heterocycles. The van der Waals surface area contributed by atoms with Crippen LogP contribution in [-0.4, -0.2) is 69.1 Å². The number of nitrogens with zero attached hydrogens (tertiary/aromatic N) is 2. The fourth-order valence-electron chi connectivity index (χ4n) is 3.25. The maximum atomic E-state index is 12.9. The van der Waals surface area contributed by atoms with Crippen molar-refractivity contribution >= 4 is 27.7 Å². The van der Waals surface area contributed by atoms with Crippen molar-refractivity contribution in [2.45, 2.75) is 10.1 Å². The van der Waals surface area contributed by atoms with Crippen molar-refractivity contribution in [1.29, 1.82) is 0 Å². The Bertz CT molecular complexity index is 884. The summed E-state index contributed by atoms with van der Waals surface area (Å²) in [4.78, 5) is 16.2. The van der Waals surface area contributed by atoms with Gasteiger partial charge in [0.05, 0.1) is 6.26 Å². The van der Waals surface area contributed by atoms with Gasteiger partial charge in [0.2, 0.25) is 15.9 Å². The molecule has 0 aliphatic carbocycles. The molecule has 156 valence electrons. The van der Waals surface area contributed by atoms with E-state index in [1.165, 1.54) is 22.3 Å². The minimum Gasteiger partial charge on any atom is -0.354 e. The van der Waals surface area contributed by atoms with Crippen LogP contribution in [0.1, 0.15) is 10.8 Å². The van der Waals surface area contributed by atoms with Crippen LogP contribution in [0.3, 0.4) is 0 Å². The third-order valence-corrected chi connectivity index (χ3v) is 7.43. The highest BCUT2D eigenvalue weighted by Gasteiger charge is 2.24. The molecule has 0 aromatic heterocycles. The summed E-state index contributed by atoms with van der Waals surface area (Å²) in [7, 11) is -3.12. The van der Waals surface area contributed by atoms with Crippen LogP contribution in [0, 0.1) is 0 Å². The first-order valence-electron chi connectivity index (χ1n) is 9.65. The van der Waals surface area contributed by atoms with Gasteiger partial charge in [-0.05, 0) is 17.7 Å². The van der Waals surface area contributed by atoms with Crippen molar-refractivity contribution in [3.8, 4) is 0 Å². The monoisotopic (exact) mass is 433 g/mol. The summed E-state index contributed by atoms with van der Waals surface area (Å²) >= 11 is 1.54. The lowest BCUT2D eigenvalue weighted by atomic mass is 10.1. The molecule has 1 aliphatic heterocycles. The summed E-state index contributed by atoms with van der Waals surface area (Å²) in [5, 5.41) is 2.74. The first-order chi connectivity index (χ1) is 13.9. The first kappa shape index (κ1) is 21.8. The SMILES string of the molecule is CS(=O)(=O)N1CCN(CCNC(=O)[C@H](Sc2ccccc2)c2ccccc2)CC1. The van der Waals surface area contributed by atoms with Crippen molar-refractivity contribution < 1.29 is 13.2 Å². The highest BCUT2D eigenvalue weighted by atomic mass is 32.2. The number of amides is 1. The molecule has 3 rings (SSSR count). The summed E-state index contributed by atoms with van der Waals surface area (Å²) in [5.74, 6) is -0.0141. The number of sulfonamides is 1. The van der Waals surface area contributed by atoms with E-state index < -0.39 is 10.0 Å². The Morgan fingerprint density at radius 3 is 2.17 bits per heavy atom. The number of piperazine rings is 1. The van der Waals surface area contributed by atoms with E-state index in [-0.39, 0.29) is 11.2 Å². The van der Waals surface area contributed by atoms with Crippen LogP contribution < -0.4 is 5.32 Å². The number of hydrogen-bond donors (Lipinski definition) is 1. The number of hydrogen-bond acceptors (Lipinski definition) is 5. The molecule has 1 saturated heterocycles. The average Bonchev–Trinajstić information content (AvgIpc) is 2.73. The highest BCUT2D eigenvalue weighted by molar-refractivity contribution is 8.00. The van der Waals surface area contributed by atoms with Crippen molar-refractivity contribution in [2.24, 2.45) is 0 Å². The normalized spacial score (nSPS) is 17.0. The van der Waals surface area contributed by atoms with E-state index in [0.29, 0.717) is 39.3 Å². The Morgan fingerprint density at radius 2 is 1.59 bits per heavy atom. The van der Waals surface area contributed by atoms with Gasteiger partial charge in [-0.25, -0.2) is 8.42 Å². The van der Waals surface area contributed by atoms with E-state index in [1.54, 1.807) is 0 Å². The van der Waals surface area contributed by atoms with Crippen molar-refractivity contribution in [2.75, 3.05) is 45.5 Å². The Labute approximate surface area is 177 Å². The fourth-order valence-corrected chi connectivity index (χ4v) is 5.15. The predicted octanol–water partition coefficient (Wildman–Crippen LogP) is 2.21. The molecule has 29 heavy (non-hydrogen) atoms. The minimum absolute atomic E-state index is 0.0141. The van der Waals surface area contributed by atoms with Crippen LogP contribution in [0.15, 0.2) is 65.6 Å². The number of carbonyl (C=O) groups is 1. The lowest BCUT2D eigenvalue weighted by Gasteiger charge is -2.33. The van der Waals surface area contributed by atoms with Crippen LogP contribution in [0.2, 0.25) is 0 Å². The molecule has 1 amide bonds. The second-order valence-electron chi connectivity index (χ2n) is 7.02. The predicted molar refractivity (Wildman–Crippen MR) is 117 cm³/mol. The Morgan fingerprint density at radius 1 is 1.00 bits per heavy atom. The molecule has 1 N–H and O–H groups in total. The van der Waals surface area contributed by atoms with E-state index in [4.69, 9.17) is 0 Å². The molecule has 8 heteroatoms. The van der Waals surface area contributed by atoms with Gasteiger partial charge in [0.25, 0.3) is 0 Å². The number of thioether (sulfide) groups is 1. The van der Waals surface area contributed by atoms with Gasteiger partial charge >= 0.3 is 0 Å². The number of benzene rings is 2. The molecule has 0 spiro atoms. The second-order valence-corrected chi connectivity index (χ2v) is 10.2. The average molecular weight is 434 g/mol. The Kier molecular flexibility index (Phi) is 7.71. The molecule has 1 atom stereocenters. The smallest absolute Gasteiger partial charge is 0.238 e. The zero-order valence-corrected chi connectivity index (χ0v) is 18.2. The molecule has 0 radical (unpaired) electrons. The first-order valence-corrected chi connectivity index (χ1v) is 12.4. The lowest BCUT2D eigenvalue weighted by Crippen LogP contribution is -2.50. The molecule has 0 bridgehead atoms. The van der Waals surface area contributed by atoms with Crippen LogP contribution in [0.25, 0.3) is 0 Å². The summed E-state index contributed by atoms with van der Waals surface area (Å²) in [6.45, 7) is 3.62. The summed E-state index contributed by atoms with van der Waals surface area (Å²) in [6, 6.07) is 19.7. The van der Waals surface area contributed by atoms with Gasteiger partial charge in [-0.2, -0.15) is 4.31 Å². The molecular formula is C21H27N3O3S2. The van der Waals surface area contributed by atoms with E-state index in [2.05, 4.69) is 10.2 Å². The van der Waals surface area contributed by atoms with E-state index in [1.807, 2.05) is 60.7 Å². The quantitative estimate of drug-likeness (QED) is 0.647. The van der Waals surface area contributed by atoms with Crippen molar-refractivity contribution in [1.82, 2.24) is 14.5 Å². The van der Waals surface area contributed by atoms with Gasteiger partial charge < -0.3 is 5.32 Å². The molecule has 6 nitrogen and oxygen atoms in total. The lowest BCUT2D eigenvalue weighted by molar-refractivity contribution is -0.120. The largest absolute Gasteiger partial charge is 0.354 e.